The van der Waals surface area contributed by atoms with E-state index in [-0.39, 0.29) is 29.3 Å². The maximum absolute atomic E-state index is 13.0. The van der Waals surface area contributed by atoms with Crippen molar-refractivity contribution in [2.24, 2.45) is 0 Å². The topological polar surface area (TPSA) is 74.8 Å². The predicted molar refractivity (Wildman–Crippen MR) is 93.1 cm³/mol. The molecule has 0 aliphatic carbocycles. The average molecular weight is 405 g/mol. The Morgan fingerprint density at radius 1 is 1.00 bits per heavy atom. The van der Waals surface area contributed by atoms with Crippen molar-refractivity contribution >= 4 is 11.2 Å². The number of nitrogens with zero attached hydrogens (tertiary/aromatic N) is 5. The number of alkyl halides is 3. The van der Waals surface area contributed by atoms with Gasteiger partial charge in [-0.15, -0.1) is 18.3 Å². The van der Waals surface area contributed by atoms with Crippen LogP contribution in [0.15, 0.2) is 59.7 Å². The van der Waals surface area contributed by atoms with Crippen LogP contribution in [0.5, 0.6) is 5.75 Å². The zero-order valence-corrected chi connectivity index (χ0v) is 14.5. The largest absolute Gasteiger partial charge is 0.573 e. The molecule has 0 spiro atoms. The second-order valence-electron chi connectivity index (χ2n) is 6.02. The Balaban J connectivity index is 1.65. The third-order valence-corrected chi connectivity index (χ3v) is 4.01. The summed E-state index contributed by atoms with van der Waals surface area (Å²) in [7, 11) is 0. The Kier molecular flexibility index (Phi) is 4.49. The van der Waals surface area contributed by atoms with Crippen molar-refractivity contribution in [2.45, 2.75) is 12.9 Å². The van der Waals surface area contributed by atoms with Crippen molar-refractivity contribution in [1.29, 1.82) is 0 Å². The number of rotatable bonds is 4. The summed E-state index contributed by atoms with van der Waals surface area (Å²) < 4.78 is 56.2. The first-order valence-corrected chi connectivity index (χ1v) is 8.22. The lowest BCUT2D eigenvalue weighted by atomic mass is 10.2. The van der Waals surface area contributed by atoms with E-state index in [0.717, 1.165) is 12.1 Å². The van der Waals surface area contributed by atoms with Crippen LogP contribution in [-0.4, -0.2) is 30.9 Å². The molecule has 4 rings (SSSR count). The predicted octanol–water partition coefficient (Wildman–Crippen LogP) is 3.06. The van der Waals surface area contributed by atoms with Gasteiger partial charge < -0.3 is 4.74 Å². The van der Waals surface area contributed by atoms with Gasteiger partial charge in [-0.25, -0.2) is 9.37 Å². The summed E-state index contributed by atoms with van der Waals surface area (Å²) in [6.07, 6.45) is -3.49. The van der Waals surface area contributed by atoms with Gasteiger partial charge in [-0.1, -0.05) is 17.3 Å². The van der Waals surface area contributed by atoms with Crippen LogP contribution in [0.3, 0.4) is 0 Å². The van der Waals surface area contributed by atoms with E-state index in [4.69, 9.17) is 0 Å². The Labute approximate surface area is 159 Å². The third-order valence-electron chi connectivity index (χ3n) is 4.01. The molecule has 0 aliphatic heterocycles. The van der Waals surface area contributed by atoms with Crippen molar-refractivity contribution in [3.8, 4) is 11.4 Å². The summed E-state index contributed by atoms with van der Waals surface area (Å²) in [6.45, 7) is 0.165. The molecule has 0 amide bonds. The maximum atomic E-state index is 13.0. The van der Waals surface area contributed by atoms with Gasteiger partial charge in [-0.3, -0.25) is 9.36 Å². The Morgan fingerprint density at radius 3 is 2.34 bits per heavy atom. The standard InChI is InChI=1S/C18H11F4N5O2/c19-12-3-1-11(2-4-12)9-26-10-23-16-15(17(26)28)24-25-27(16)13-5-7-14(8-6-13)29-18(20,21)22/h1-8,10H,9H2. The van der Waals surface area contributed by atoms with Crippen LogP contribution in [0.2, 0.25) is 0 Å². The van der Waals surface area contributed by atoms with E-state index in [1.807, 2.05) is 0 Å². The van der Waals surface area contributed by atoms with Gasteiger partial charge in [0.1, 0.15) is 17.9 Å². The van der Waals surface area contributed by atoms with E-state index in [2.05, 4.69) is 20.0 Å². The number of fused-ring (bicyclic) bond motifs is 1. The molecule has 2 aromatic carbocycles. The highest BCUT2D eigenvalue weighted by Crippen LogP contribution is 2.24. The highest BCUT2D eigenvalue weighted by atomic mass is 19.4. The van der Waals surface area contributed by atoms with Gasteiger partial charge >= 0.3 is 6.36 Å². The molecule has 2 aromatic heterocycles. The molecule has 0 saturated carbocycles. The Morgan fingerprint density at radius 2 is 1.69 bits per heavy atom. The van der Waals surface area contributed by atoms with Crippen LogP contribution in [0.4, 0.5) is 17.6 Å². The second kappa shape index (κ2) is 7.00. The van der Waals surface area contributed by atoms with Gasteiger partial charge in [0.05, 0.1) is 12.2 Å². The average Bonchev–Trinajstić information content (AvgIpc) is 3.10. The van der Waals surface area contributed by atoms with Crippen LogP contribution >= 0.6 is 0 Å². The summed E-state index contributed by atoms with van der Waals surface area (Å²) >= 11 is 0. The summed E-state index contributed by atoms with van der Waals surface area (Å²) in [5, 5.41) is 7.71. The Hall–Kier alpha value is -3.76. The van der Waals surface area contributed by atoms with Crippen LogP contribution in [0, 0.1) is 5.82 Å². The summed E-state index contributed by atoms with van der Waals surface area (Å²) in [5.74, 6) is -0.774. The minimum absolute atomic E-state index is 0.00905. The molecule has 7 nitrogen and oxygen atoms in total. The van der Waals surface area contributed by atoms with Crippen molar-refractivity contribution in [2.75, 3.05) is 0 Å². The van der Waals surface area contributed by atoms with E-state index in [9.17, 15) is 22.4 Å². The Bertz CT molecular complexity index is 1210. The molecule has 29 heavy (non-hydrogen) atoms. The van der Waals surface area contributed by atoms with Crippen LogP contribution < -0.4 is 10.3 Å². The molecule has 11 heteroatoms. The van der Waals surface area contributed by atoms with Crippen molar-refractivity contribution in [1.82, 2.24) is 24.5 Å². The molecule has 2 heterocycles. The fourth-order valence-corrected chi connectivity index (χ4v) is 2.71. The van der Waals surface area contributed by atoms with Gasteiger partial charge in [0.25, 0.3) is 5.56 Å². The molecule has 0 saturated heterocycles. The fraction of sp³-hybridized carbons (Fsp3) is 0.111. The third kappa shape index (κ3) is 3.93. The summed E-state index contributed by atoms with van der Waals surface area (Å²) in [6, 6.07) is 10.6. The second-order valence-corrected chi connectivity index (χ2v) is 6.02. The zero-order chi connectivity index (χ0) is 20.6. The number of halogens is 4. The van der Waals surface area contributed by atoms with Crippen molar-refractivity contribution in [3.63, 3.8) is 0 Å². The molecule has 0 aliphatic rings. The maximum Gasteiger partial charge on any atom is 0.573 e. The lowest BCUT2D eigenvalue weighted by molar-refractivity contribution is -0.274. The smallest absolute Gasteiger partial charge is 0.406 e. The lowest BCUT2D eigenvalue weighted by Crippen LogP contribution is -2.21. The normalized spacial score (nSPS) is 11.7. The van der Waals surface area contributed by atoms with Gasteiger partial charge in [0, 0.05) is 0 Å². The van der Waals surface area contributed by atoms with Crippen LogP contribution in [-0.2, 0) is 6.54 Å². The molecular weight excluding hydrogens is 394 g/mol. The minimum atomic E-state index is -4.79. The molecule has 0 atom stereocenters. The van der Waals surface area contributed by atoms with Crippen LogP contribution in [0.25, 0.3) is 16.9 Å². The highest BCUT2D eigenvalue weighted by Gasteiger charge is 2.31. The number of benzene rings is 2. The van der Waals surface area contributed by atoms with E-state index in [1.165, 1.54) is 39.8 Å². The molecule has 148 valence electrons. The minimum Gasteiger partial charge on any atom is -0.406 e. The number of aromatic nitrogens is 5. The summed E-state index contributed by atoms with van der Waals surface area (Å²) in [4.78, 5) is 16.8. The lowest BCUT2D eigenvalue weighted by Gasteiger charge is -2.09. The van der Waals surface area contributed by atoms with Gasteiger partial charge in [-0.2, -0.15) is 4.68 Å². The van der Waals surface area contributed by atoms with Gasteiger partial charge in [0.15, 0.2) is 11.2 Å². The molecule has 0 N–H and O–H groups in total. The molecule has 0 fully saturated rings. The van der Waals surface area contributed by atoms with Crippen LogP contribution in [0.1, 0.15) is 5.56 Å². The first kappa shape index (κ1) is 18.6. The molecule has 0 radical (unpaired) electrons. The first-order chi connectivity index (χ1) is 13.8. The molecule has 0 bridgehead atoms. The monoisotopic (exact) mass is 405 g/mol. The first-order valence-electron chi connectivity index (χ1n) is 8.22. The molecule has 0 unspecified atom stereocenters. The van der Waals surface area contributed by atoms with Gasteiger partial charge in [-0.05, 0) is 42.0 Å². The number of hydrogen-bond acceptors (Lipinski definition) is 5. The van der Waals surface area contributed by atoms with E-state index in [0.29, 0.717) is 11.3 Å². The van der Waals surface area contributed by atoms with E-state index in [1.54, 1.807) is 12.1 Å². The summed E-state index contributed by atoms with van der Waals surface area (Å²) in [5.41, 5.74) is 0.732. The van der Waals surface area contributed by atoms with Crippen molar-refractivity contribution < 1.29 is 22.3 Å². The molecular formula is C18H11F4N5O2. The highest BCUT2D eigenvalue weighted by molar-refractivity contribution is 5.70. The van der Waals surface area contributed by atoms with Gasteiger partial charge in [0.2, 0.25) is 0 Å². The number of hydrogen-bond donors (Lipinski definition) is 0. The quantitative estimate of drug-likeness (QED) is 0.488. The fourth-order valence-electron chi connectivity index (χ4n) is 2.71. The molecule has 4 aromatic rings. The number of ether oxygens (including phenoxy) is 1. The zero-order valence-electron chi connectivity index (χ0n) is 14.5. The van der Waals surface area contributed by atoms with E-state index >= 15 is 0 Å². The van der Waals surface area contributed by atoms with E-state index < -0.39 is 11.9 Å². The SMILES string of the molecule is O=c1c2nnn(-c3ccc(OC(F)(F)F)cc3)c2ncn1Cc1ccc(F)cc1. The van der Waals surface area contributed by atoms with Crippen molar-refractivity contribution in [3.05, 3.63) is 76.6 Å².